The summed E-state index contributed by atoms with van der Waals surface area (Å²) in [5.74, 6) is 0.628. The van der Waals surface area contributed by atoms with Gasteiger partial charge in [-0.05, 0) is 38.5 Å². The van der Waals surface area contributed by atoms with E-state index in [2.05, 4.69) is 13.8 Å². The van der Waals surface area contributed by atoms with Crippen LogP contribution in [0.25, 0.3) is 0 Å². The summed E-state index contributed by atoms with van der Waals surface area (Å²) >= 11 is 0. The van der Waals surface area contributed by atoms with Crippen molar-refractivity contribution < 1.29 is 9.84 Å². The fraction of sp³-hybridized carbons (Fsp3) is 1.00. The van der Waals surface area contributed by atoms with Crippen molar-refractivity contribution in [2.24, 2.45) is 5.92 Å². The van der Waals surface area contributed by atoms with Crippen LogP contribution < -0.4 is 0 Å². The zero-order valence-corrected chi connectivity index (χ0v) is 7.97. The van der Waals surface area contributed by atoms with E-state index in [4.69, 9.17) is 9.84 Å². The van der Waals surface area contributed by atoms with Crippen LogP contribution in [0.15, 0.2) is 0 Å². The lowest BCUT2D eigenvalue weighted by Crippen LogP contribution is -2.33. The molecule has 2 fully saturated rings. The van der Waals surface area contributed by atoms with Crippen molar-refractivity contribution in [3.63, 3.8) is 0 Å². The van der Waals surface area contributed by atoms with Crippen LogP contribution in [0.5, 0.6) is 0 Å². The van der Waals surface area contributed by atoms with Crippen molar-refractivity contribution in [2.45, 2.75) is 50.7 Å². The highest BCUT2D eigenvalue weighted by atomic mass is 16.5. The van der Waals surface area contributed by atoms with Gasteiger partial charge in [0, 0.05) is 6.61 Å². The third-order valence-corrected chi connectivity index (χ3v) is 3.70. The summed E-state index contributed by atoms with van der Waals surface area (Å²) in [6.07, 6.45) is 4.32. The van der Waals surface area contributed by atoms with E-state index in [1.807, 2.05) is 0 Å². The van der Waals surface area contributed by atoms with Crippen LogP contribution in [0.3, 0.4) is 0 Å². The molecule has 0 aromatic heterocycles. The van der Waals surface area contributed by atoms with Gasteiger partial charge in [-0.25, -0.2) is 0 Å². The lowest BCUT2D eigenvalue weighted by atomic mass is 9.74. The number of aliphatic hydroxyl groups is 1. The molecule has 0 aromatic rings. The molecule has 3 unspecified atom stereocenters. The van der Waals surface area contributed by atoms with Gasteiger partial charge in [-0.3, -0.25) is 0 Å². The summed E-state index contributed by atoms with van der Waals surface area (Å²) in [5, 5.41) is 8.96. The van der Waals surface area contributed by atoms with Crippen LogP contribution in [-0.4, -0.2) is 22.9 Å². The maximum Gasteiger partial charge on any atom is 0.0739 e. The molecule has 2 rings (SSSR count). The summed E-state index contributed by atoms with van der Waals surface area (Å²) < 4.78 is 6.04. The molecule has 2 aliphatic heterocycles. The molecule has 0 radical (unpaired) electrons. The molecule has 2 heteroatoms. The number of aliphatic hydroxyl groups excluding tert-OH is 1. The van der Waals surface area contributed by atoms with Crippen LogP contribution in [0.2, 0.25) is 0 Å². The molecular weight excluding hydrogens is 152 g/mol. The number of hydrogen-bond donors (Lipinski definition) is 1. The Kier molecular flexibility index (Phi) is 1.74. The Morgan fingerprint density at radius 1 is 1.50 bits per heavy atom. The summed E-state index contributed by atoms with van der Waals surface area (Å²) in [5.41, 5.74) is 0.165. The third kappa shape index (κ3) is 1.01. The van der Waals surface area contributed by atoms with Gasteiger partial charge in [0.05, 0.1) is 11.2 Å². The fourth-order valence-corrected chi connectivity index (χ4v) is 3.00. The van der Waals surface area contributed by atoms with E-state index in [-0.39, 0.29) is 17.8 Å². The van der Waals surface area contributed by atoms with Gasteiger partial charge >= 0.3 is 0 Å². The topological polar surface area (TPSA) is 29.5 Å². The molecule has 0 amide bonds. The van der Waals surface area contributed by atoms with Crippen LogP contribution in [0.1, 0.15) is 39.5 Å². The lowest BCUT2D eigenvalue weighted by molar-refractivity contribution is -0.0594. The molecular formula is C10H18O2. The molecule has 2 heterocycles. The smallest absolute Gasteiger partial charge is 0.0739 e. The van der Waals surface area contributed by atoms with Crippen molar-refractivity contribution in [1.29, 1.82) is 0 Å². The number of fused-ring (bicyclic) bond motifs is 2. The molecule has 2 saturated heterocycles. The third-order valence-electron chi connectivity index (χ3n) is 3.70. The van der Waals surface area contributed by atoms with E-state index in [0.717, 1.165) is 12.8 Å². The van der Waals surface area contributed by atoms with Gasteiger partial charge in [0.2, 0.25) is 0 Å². The van der Waals surface area contributed by atoms with Crippen molar-refractivity contribution >= 4 is 0 Å². The highest BCUT2D eigenvalue weighted by Crippen LogP contribution is 2.55. The van der Waals surface area contributed by atoms with E-state index >= 15 is 0 Å². The normalized spacial score (nSPS) is 51.8. The van der Waals surface area contributed by atoms with Gasteiger partial charge in [0.1, 0.15) is 0 Å². The number of rotatable bonds is 2. The van der Waals surface area contributed by atoms with Gasteiger partial charge < -0.3 is 9.84 Å². The lowest BCUT2D eigenvalue weighted by Gasteiger charge is -2.29. The molecule has 2 bridgehead atoms. The molecule has 2 nitrogen and oxygen atoms in total. The van der Waals surface area contributed by atoms with Crippen LogP contribution >= 0.6 is 0 Å². The molecule has 1 N–H and O–H groups in total. The first-order valence-corrected chi connectivity index (χ1v) is 4.91. The summed E-state index contributed by atoms with van der Waals surface area (Å²) in [4.78, 5) is 0. The van der Waals surface area contributed by atoms with Gasteiger partial charge in [0.15, 0.2) is 0 Å². The Morgan fingerprint density at radius 2 is 2.25 bits per heavy atom. The average molecular weight is 170 g/mol. The van der Waals surface area contributed by atoms with E-state index in [1.54, 1.807) is 0 Å². The Morgan fingerprint density at radius 3 is 2.67 bits per heavy atom. The molecule has 0 spiro atoms. The Bertz CT molecular complexity index is 188. The summed E-state index contributed by atoms with van der Waals surface area (Å²) in [6, 6.07) is 0. The second-order valence-corrected chi connectivity index (χ2v) is 4.70. The predicted molar refractivity (Wildman–Crippen MR) is 46.9 cm³/mol. The second kappa shape index (κ2) is 2.46. The van der Waals surface area contributed by atoms with E-state index in [1.165, 1.54) is 12.8 Å². The van der Waals surface area contributed by atoms with E-state index < -0.39 is 0 Å². The second-order valence-electron chi connectivity index (χ2n) is 4.70. The predicted octanol–water partition coefficient (Wildman–Crippen LogP) is 1.72. The zero-order valence-electron chi connectivity index (χ0n) is 7.97. The maximum atomic E-state index is 8.96. The highest BCUT2D eigenvalue weighted by molar-refractivity contribution is 5.06. The minimum absolute atomic E-state index is 0.0312. The molecule has 70 valence electrons. The van der Waals surface area contributed by atoms with E-state index in [9.17, 15) is 0 Å². The molecule has 0 aromatic carbocycles. The van der Waals surface area contributed by atoms with Crippen LogP contribution in [0, 0.1) is 5.92 Å². The summed E-state index contributed by atoms with van der Waals surface area (Å²) in [7, 11) is 0. The Hall–Kier alpha value is -0.0800. The standard InChI is InChI=1S/C10H18O2/c1-8-7-9(2)3-4-10(8,12-9)5-6-11/h8,11H,3-7H2,1-2H3. The SMILES string of the molecule is CC1CC2(C)CCC1(CCO)O2. The van der Waals surface area contributed by atoms with Crippen molar-refractivity contribution in [2.75, 3.05) is 6.61 Å². The zero-order chi connectivity index (χ0) is 8.82. The maximum absolute atomic E-state index is 8.96. The van der Waals surface area contributed by atoms with Gasteiger partial charge in [0.25, 0.3) is 0 Å². The van der Waals surface area contributed by atoms with Crippen LogP contribution in [-0.2, 0) is 4.74 Å². The van der Waals surface area contributed by atoms with Crippen molar-refractivity contribution in [1.82, 2.24) is 0 Å². The summed E-state index contributed by atoms with van der Waals surface area (Å²) in [6.45, 7) is 4.72. The Labute approximate surface area is 73.9 Å². The van der Waals surface area contributed by atoms with Crippen LogP contribution in [0.4, 0.5) is 0 Å². The Balaban J connectivity index is 2.16. The van der Waals surface area contributed by atoms with Gasteiger partial charge in [-0.2, -0.15) is 0 Å². The molecule has 3 atom stereocenters. The average Bonchev–Trinajstić information content (AvgIpc) is 2.40. The largest absolute Gasteiger partial charge is 0.396 e. The quantitative estimate of drug-likeness (QED) is 0.683. The molecule has 2 aliphatic rings. The minimum atomic E-state index is 0.0312. The fourth-order valence-electron chi connectivity index (χ4n) is 3.00. The number of hydrogen-bond acceptors (Lipinski definition) is 2. The highest BCUT2D eigenvalue weighted by Gasteiger charge is 2.56. The van der Waals surface area contributed by atoms with E-state index in [0.29, 0.717) is 5.92 Å². The van der Waals surface area contributed by atoms with Gasteiger partial charge in [-0.15, -0.1) is 0 Å². The molecule has 0 aliphatic carbocycles. The molecule has 12 heavy (non-hydrogen) atoms. The first kappa shape index (κ1) is 8.52. The first-order chi connectivity index (χ1) is 5.60. The van der Waals surface area contributed by atoms with Crippen molar-refractivity contribution in [3.05, 3.63) is 0 Å². The monoisotopic (exact) mass is 170 g/mol. The first-order valence-electron chi connectivity index (χ1n) is 4.91. The van der Waals surface area contributed by atoms with Gasteiger partial charge in [-0.1, -0.05) is 6.92 Å². The van der Waals surface area contributed by atoms with Crippen molar-refractivity contribution in [3.8, 4) is 0 Å². The molecule has 0 saturated carbocycles. The minimum Gasteiger partial charge on any atom is -0.396 e. The number of ether oxygens (including phenoxy) is 1.